The Hall–Kier alpha value is -2.73. The van der Waals surface area contributed by atoms with E-state index in [9.17, 15) is 9.59 Å². The number of fused-ring (bicyclic) bond motifs is 1. The van der Waals surface area contributed by atoms with E-state index < -0.39 is 11.6 Å². The minimum atomic E-state index is -1.01. The number of hydrogen-bond donors (Lipinski definition) is 1. The summed E-state index contributed by atoms with van der Waals surface area (Å²) in [5.41, 5.74) is 0.673. The fourth-order valence-electron chi connectivity index (χ4n) is 3.29. The molecule has 2 aliphatic rings. The van der Waals surface area contributed by atoms with E-state index in [1.54, 1.807) is 25.1 Å². The minimum absolute atomic E-state index is 0.182. The summed E-state index contributed by atoms with van der Waals surface area (Å²) in [6, 6.07) is 12.2. The van der Waals surface area contributed by atoms with E-state index in [0.717, 1.165) is 11.1 Å². The van der Waals surface area contributed by atoms with Crippen molar-refractivity contribution in [3.63, 3.8) is 0 Å². The lowest BCUT2D eigenvalue weighted by Gasteiger charge is -2.22. The Labute approximate surface area is 155 Å². The van der Waals surface area contributed by atoms with Crippen LogP contribution in [0.3, 0.4) is 0 Å². The monoisotopic (exact) mass is 372 g/mol. The van der Waals surface area contributed by atoms with Crippen molar-refractivity contribution in [2.75, 3.05) is 6.79 Å². The number of nitrogens with zero attached hydrogens (tertiary/aromatic N) is 1. The van der Waals surface area contributed by atoms with Gasteiger partial charge in [-0.15, -0.1) is 0 Å². The van der Waals surface area contributed by atoms with E-state index in [-0.39, 0.29) is 19.2 Å². The van der Waals surface area contributed by atoms with Gasteiger partial charge in [0.15, 0.2) is 11.5 Å². The average molecular weight is 373 g/mol. The van der Waals surface area contributed by atoms with Gasteiger partial charge in [0.1, 0.15) is 5.54 Å². The Balaban J connectivity index is 1.53. The third kappa shape index (κ3) is 2.97. The molecule has 2 heterocycles. The van der Waals surface area contributed by atoms with Gasteiger partial charge in [-0.1, -0.05) is 29.8 Å². The summed E-state index contributed by atoms with van der Waals surface area (Å²) in [4.78, 5) is 26.5. The van der Waals surface area contributed by atoms with Crippen LogP contribution >= 0.6 is 11.6 Å². The Morgan fingerprint density at radius 3 is 2.73 bits per heavy atom. The molecule has 2 aromatic rings. The molecule has 2 aliphatic heterocycles. The molecule has 26 heavy (non-hydrogen) atoms. The molecule has 4 rings (SSSR count). The maximum absolute atomic E-state index is 12.9. The fraction of sp³-hybridized carbons (Fsp3) is 0.263. The van der Waals surface area contributed by atoms with E-state index >= 15 is 0 Å². The lowest BCUT2D eigenvalue weighted by atomic mass is 9.92. The van der Waals surface area contributed by atoms with Gasteiger partial charge in [-0.25, -0.2) is 4.79 Å². The average Bonchev–Trinajstić information content (AvgIpc) is 3.13. The predicted molar refractivity (Wildman–Crippen MR) is 95.2 cm³/mol. The number of urea groups is 1. The summed E-state index contributed by atoms with van der Waals surface area (Å²) in [6.45, 7) is 2.11. The molecule has 3 amide bonds. The highest BCUT2D eigenvalue weighted by Crippen LogP contribution is 2.34. The molecule has 1 atom stereocenters. The molecule has 1 unspecified atom stereocenters. The number of nitrogens with one attached hydrogen (secondary N) is 1. The highest BCUT2D eigenvalue weighted by atomic mass is 35.5. The van der Waals surface area contributed by atoms with Gasteiger partial charge in [0, 0.05) is 11.4 Å². The molecule has 0 spiro atoms. The van der Waals surface area contributed by atoms with Crippen LogP contribution in [0.15, 0.2) is 42.5 Å². The molecule has 7 heteroatoms. The Bertz CT molecular complexity index is 901. The SMILES string of the molecule is CC1(Cc2ccc3c(c2)OCO3)NC(=O)N(Cc2cccc(Cl)c2)C1=O. The second kappa shape index (κ2) is 6.21. The molecule has 0 saturated carbocycles. The van der Waals surface area contributed by atoms with Crippen molar-refractivity contribution < 1.29 is 19.1 Å². The van der Waals surface area contributed by atoms with E-state index in [2.05, 4.69) is 5.32 Å². The zero-order valence-corrected chi connectivity index (χ0v) is 14.9. The van der Waals surface area contributed by atoms with Crippen LogP contribution in [0.5, 0.6) is 11.5 Å². The van der Waals surface area contributed by atoms with Gasteiger partial charge in [-0.05, 0) is 42.3 Å². The molecule has 2 aromatic carbocycles. The quantitative estimate of drug-likeness (QED) is 0.837. The topological polar surface area (TPSA) is 67.9 Å². The summed E-state index contributed by atoms with van der Waals surface area (Å²) in [5, 5.41) is 3.38. The molecule has 0 bridgehead atoms. The highest BCUT2D eigenvalue weighted by molar-refractivity contribution is 6.30. The van der Waals surface area contributed by atoms with Crippen molar-refractivity contribution in [3.05, 3.63) is 58.6 Å². The number of rotatable bonds is 4. The number of amides is 3. The Morgan fingerprint density at radius 2 is 1.92 bits per heavy atom. The first kappa shape index (κ1) is 16.7. The van der Waals surface area contributed by atoms with Gasteiger partial charge in [0.2, 0.25) is 6.79 Å². The Morgan fingerprint density at radius 1 is 1.12 bits per heavy atom. The van der Waals surface area contributed by atoms with Gasteiger partial charge in [0.05, 0.1) is 6.54 Å². The van der Waals surface area contributed by atoms with Gasteiger partial charge in [-0.3, -0.25) is 9.69 Å². The number of imide groups is 1. The summed E-state index contributed by atoms with van der Waals surface area (Å²) in [5.74, 6) is 1.07. The lowest BCUT2D eigenvalue weighted by Crippen LogP contribution is -2.45. The van der Waals surface area contributed by atoms with E-state index in [0.29, 0.717) is 22.9 Å². The fourth-order valence-corrected chi connectivity index (χ4v) is 3.50. The van der Waals surface area contributed by atoms with Crippen LogP contribution in [0.2, 0.25) is 5.02 Å². The zero-order valence-electron chi connectivity index (χ0n) is 14.1. The van der Waals surface area contributed by atoms with E-state index in [4.69, 9.17) is 21.1 Å². The standard InChI is InChI=1S/C19H17ClN2O4/c1-19(9-12-5-6-15-16(8-12)26-11-25-15)17(23)22(18(24)21-19)10-13-3-2-4-14(20)7-13/h2-8H,9-11H2,1H3,(H,21,24). The predicted octanol–water partition coefficient (Wildman–Crippen LogP) is 3.12. The Kier molecular flexibility index (Phi) is 4.00. The third-order valence-corrected chi connectivity index (χ3v) is 4.80. The number of carbonyl (C=O) groups excluding carboxylic acids is 2. The van der Waals surface area contributed by atoms with Crippen LogP contribution in [0, 0.1) is 0 Å². The first-order valence-electron chi connectivity index (χ1n) is 8.22. The second-order valence-corrected chi connectivity index (χ2v) is 7.08. The smallest absolute Gasteiger partial charge is 0.325 e. The van der Waals surface area contributed by atoms with Crippen LogP contribution in [0.25, 0.3) is 0 Å². The third-order valence-electron chi connectivity index (χ3n) is 4.57. The minimum Gasteiger partial charge on any atom is -0.454 e. The normalized spacial score (nSPS) is 21.2. The number of halogens is 1. The molecule has 0 aromatic heterocycles. The molecule has 134 valence electrons. The van der Waals surface area contributed by atoms with Crippen molar-refractivity contribution in [1.29, 1.82) is 0 Å². The molecule has 1 saturated heterocycles. The van der Waals surface area contributed by atoms with Gasteiger partial charge in [-0.2, -0.15) is 0 Å². The molecule has 0 aliphatic carbocycles. The largest absolute Gasteiger partial charge is 0.454 e. The van der Waals surface area contributed by atoms with Crippen molar-refractivity contribution in [3.8, 4) is 11.5 Å². The number of benzene rings is 2. The molecule has 1 fully saturated rings. The highest BCUT2D eigenvalue weighted by Gasteiger charge is 2.47. The van der Waals surface area contributed by atoms with Crippen molar-refractivity contribution >= 4 is 23.5 Å². The second-order valence-electron chi connectivity index (χ2n) is 6.65. The summed E-state index contributed by atoms with van der Waals surface area (Å²) >= 11 is 5.99. The van der Waals surface area contributed by atoms with Gasteiger partial charge < -0.3 is 14.8 Å². The molecular weight excluding hydrogens is 356 g/mol. The van der Waals surface area contributed by atoms with Crippen LogP contribution in [-0.4, -0.2) is 29.2 Å². The van der Waals surface area contributed by atoms with Gasteiger partial charge >= 0.3 is 6.03 Å². The van der Waals surface area contributed by atoms with Crippen LogP contribution in [0.1, 0.15) is 18.1 Å². The molecule has 0 radical (unpaired) electrons. The summed E-state index contributed by atoms with van der Waals surface area (Å²) in [7, 11) is 0. The number of carbonyl (C=O) groups is 2. The summed E-state index contributed by atoms with van der Waals surface area (Å²) < 4.78 is 10.7. The van der Waals surface area contributed by atoms with Crippen molar-refractivity contribution in [2.24, 2.45) is 0 Å². The molecular formula is C19H17ClN2O4. The van der Waals surface area contributed by atoms with Crippen LogP contribution < -0.4 is 14.8 Å². The van der Waals surface area contributed by atoms with E-state index in [1.165, 1.54) is 4.90 Å². The first-order valence-corrected chi connectivity index (χ1v) is 8.59. The number of hydrogen-bond acceptors (Lipinski definition) is 4. The van der Waals surface area contributed by atoms with Crippen molar-refractivity contribution in [1.82, 2.24) is 10.2 Å². The number of ether oxygens (including phenoxy) is 2. The first-order chi connectivity index (χ1) is 12.4. The summed E-state index contributed by atoms with van der Waals surface area (Å²) in [6.07, 6.45) is 0.361. The van der Waals surface area contributed by atoms with Gasteiger partial charge in [0.25, 0.3) is 5.91 Å². The zero-order chi connectivity index (χ0) is 18.3. The molecule has 6 nitrogen and oxygen atoms in total. The molecule has 1 N–H and O–H groups in total. The maximum Gasteiger partial charge on any atom is 0.325 e. The van der Waals surface area contributed by atoms with Crippen LogP contribution in [0.4, 0.5) is 4.79 Å². The van der Waals surface area contributed by atoms with Crippen LogP contribution in [-0.2, 0) is 17.8 Å². The van der Waals surface area contributed by atoms with E-state index in [1.807, 2.05) is 24.3 Å². The van der Waals surface area contributed by atoms with Crippen molar-refractivity contribution in [2.45, 2.75) is 25.4 Å². The maximum atomic E-state index is 12.9. The lowest BCUT2D eigenvalue weighted by molar-refractivity contribution is -0.131.